The molecule has 1 aromatic carbocycles. The number of benzene rings is 1. The molecule has 0 saturated carbocycles. The minimum Gasteiger partial charge on any atom is -0.308 e. The Morgan fingerprint density at radius 2 is 1.71 bits per heavy atom. The molecule has 1 unspecified atom stereocenters. The largest absolute Gasteiger partial charge is 0.308 e. The summed E-state index contributed by atoms with van der Waals surface area (Å²) in [6, 6.07) is 4.75. The first-order valence-electron chi connectivity index (χ1n) is 7.34. The number of nitrogens with one attached hydrogen (secondary N) is 1. The molecule has 0 saturated heterocycles. The second-order valence-electron chi connectivity index (χ2n) is 5.95. The first-order chi connectivity index (χ1) is 9.86. The monoisotopic (exact) mass is 305 g/mol. The van der Waals surface area contributed by atoms with Gasteiger partial charge in [-0.15, -0.1) is 0 Å². The Balaban J connectivity index is 2.64. The van der Waals surface area contributed by atoms with Gasteiger partial charge in [0, 0.05) is 6.04 Å². The van der Waals surface area contributed by atoms with Crippen molar-refractivity contribution in [3.05, 3.63) is 51.3 Å². The molecule has 1 atom stereocenters. The van der Waals surface area contributed by atoms with Gasteiger partial charge in [-0.3, -0.25) is 4.68 Å². The van der Waals surface area contributed by atoms with Gasteiger partial charge in [0.25, 0.3) is 0 Å². The first-order valence-corrected chi connectivity index (χ1v) is 7.72. The van der Waals surface area contributed by atoms with E-state index in [0.717, 1.165) is 5.69 Å². The van der Waals surface area contributed by atoms with Gasteiger partial charge in [-0.05, 0) is 58.4 Å². The number of nitrogens with zero attached hydrogens (tertiary/aromatic N) is 2. The van der Waals surface area contributed by atoms with E-state index in [1.54, 1.807) is 6.20 Å². The zero-order valence-corrected chi connectivity index (χ0v) is 14.4. The summed E-state index contributed by atoms with van der Waals surface area (Å²) >= 11 is 6.43. The third-order valence-electron chi connectivity index (χ3n) is 3.86. The topological polar surface area (TPSA) is 29.9 Å². The Labute approximate surface area is 132 Å². The summed E-state index contributed by atoms with van der Waals surface area (Å²) in [7, 11) is 1.97. The van der Waals surface area contributed by atoms with Crippen molar-refractivity contribution >= 4 is 11.6 Å². The second kappa shape index (κ2) is 6.20. The van der Waals surface area contributed by atoms with E-state index in [2.05, 4.69) is 57.2 Å². The minimum atomic E-state index is 0.0444. The fraction of sp³-hybridized carbons (Fsp3) is 0.471. The van der Waals surface area contributed by atoms with E-state index in [9.17, 15) is 0 Å². The van der Waals surface area contributed by atoms with Crippen LogP contribution in [0.25, 0.3) is 0 Å². The highest BCUT2D eigenvalue weighted by molar-refractivity contribution is 6.31. The molecule has 0 aliphatic rings. The molecule has 21 heavy (non-hydrogen) atoms. The molecule has 0 fully saturated rings. The molecule has 0 amide bonds. The number of aromatic nitrogens is 2. The van der Waals surface area contributed by atoms with Gasteiger partial charge in [-0.25, -0.2) is 0 Å². The Kier molecular flexibility index (Phi) is 4.74. The molecular formula is C17H24ClN3. The van der Waals surface area contributed by atoms with Crippen LogP contribution < -0.4 is 5.32 Å². The van der Waals surface area contributed by atoms with Gasteiger partial charge in [-0.2, -0.15) is 5.10 Å². The quantitative estimate of drug-likeness (QED) is 0.910. The molecular weight excluding hydrogens is 282 g/mol. The maximum Gasteiger partial charge on any atom is 0.0837 e. The summed E-state index contributed by atoms with van der Waals surface area (Å²) in [6.07, 6.45) is 1.74. The number of halogens is 1. The molecule has 0 aliphatic heterocycles. The van der Waals surface area contributed by atoms with Crippen LogP contribution in [-0.4, -0.2) is 16.8 Å². The van der Waals surface area contributed by atoms with Crippen molar-refractivity contribution in [2.45, 2.75) is 46.7 Å². The molecule has 2 aromatic rings. The standard InChI is InChI=1S/C17H24ClN3/c1-10(2)21-17(14(18)9-20-21)16(19-6)15-12(4)7-11(3)8-13(15)5/h7-10,16,19H,1-6H3. The Bertz CT molecular complexity index is 620. The van der Waals surface area contributed by atoms with Gasteiger partial charge in [0.2, 0.25) is 0 Å². The van der Waals surface area contributed by atoms with E-state index >= 15 is 0 Å². The summed E-state index contributed by atoms with van der Waals surface area (Å²) in [5.74, 6) is 0. The van der Waals surface area contributed by atoms with E-state index in [4.69, 9.17) is 11.6 Å². The summed E-state index contributed by atoms with van der Waals surface area (Å²) in [4.78, 5) is 0. The third kappa shape index (κ3) is 2.99. The van der Waals surface area contributed by atoms with Crippen molar-refractivity contribution < 1.29 is 0 Å². The average molecular weight is 306 g/mol. The molecule has 0 radical (unpaired) electrons. The highest BCUT2D eigenvalue weighted by atomic mass is 35.5. The number of hydrogen-bond acceptors (Lipinski definition) is 2. The predicted molar refractivity (Wildman–Crippen MR) is 89.2 cm³/mol. The molecule has 0 bridgehead atoms. The van der Waals surface area contributed by atoms with E-state index in [1.807, 2.05) is 11.7 Å². The van der Waals surface area contributed by atoms with Crippen molar-refractivity contribution in [1.82, 2.24) is 15.1 Å². The molecule has 1 heterocycles. The average Bonchev–Trinajstić information content (AvgIpc) is 2.75. The highest BCUT2D eigenvalue weighted by Gasteiger charge is 2.24. The summed E-state index contributed by atoms with van der Waals surface area (Å²) in [5, 5.41) is 8.55. The molecule has 0 spiro atoms. The van der Waals surface area contributed by atoms with E-state index in [1.165, 1.54) is 22.3 Å². The molecule has 1 N–H and O–H groups in total. The van der Waals surface area contributed by atoms with E-state index in [0.29, 0.717) is 5.02 Å². The van der Waals surface area contributed by atoms with Crippen LogP contribution in [0.4, 0.5) is 0 Å². The summed E-state index contributed by atoms with van der Waals surface area (Å²) < 4.78 is 2.00. The lowest BCUT2D eigenvalue weighted by molar-refractivity contribution is 0.483. The minimum absolute atomic E-state index is 0.0444. The van der Waals surface area contributed by atoms with Crippen LogP contribution in [0.5, 0.6) is 0 Å². The van der Waals surface area contributed by atoms with Crippen molar-refractivity contribution in [2.24, 2.45) is 0 Å². The van der Waals surface area contributed by atoms with Crippen molar-refractivity contribution in [2.75, 3.05) is 7.05 Å². The van der Waals surface area contributed by atoms with Crippen LogP contribution in [0.1, 0.15) is 53.9 Å². The van der Waals surface area contributed by atoms with Gasteiger partial charge < -0.3 is 5.32 Å². The number of hydrogen-bond donors (Lipinski definition) is 1. The second-order valence-corrected chi connectivity index (χ2v) is 6.36. The Morgan fingerprint density at radius 3 is 2.19 bits per heavy atom. The van der Waals surface area contributed by atoms with Crippen LogP contribution >= 0.6 is 11.6 Å². The van der Waals surface area contributed by atoms with E-state index in [-0.39, 0.29) is 12.1 Å². The SMILES string of the molecule is CNC(c1c(C)cc(C)cc1C)c1c(Cl)cnn1C(C)C. The van der Waals surface area contributed by atoms with Crippen molar-refractivity contribution in [1.29, 1.82) is 0 Å². The number of rotatable bonds is 4. The van der Waals surface area contributed by atoms with Crippen LogP contribution in [0.15, 0.2) is 18.3 Å². The van der Waals surface area contributed by atoms with E-state index < -0.39 is 0 Å². The molecule has 0 aliphatic carbocycles. The molecule has 1 aromatic heterocycles. The maximum atomic E-state index is 6.43. The fourth-order valence-electron chi connectivity index (χ4n) is 3.10. The smallest absolute Gasteiger partial charge is 0.0837 e. The van der Waals surface area contributed by atoms with Crippen LogP contribution in [-0.2, 0) is 0 Å². The highest BCUT2D eigenvalue weighted by Crippen LogP contribution is 2.33. The zero-order valence-electron chi connectivity index (χ0n) is 13.7. The lowest BCUT2D eigenvalue weighted by Crippen LogP contribution is -2.24. The van der Waals surface area contributed by atoms with Crippen LogP contribution in [0.3, 0.4) is 0 Å². The first kappa shape index (κ1) is 16.1. The van der Waals surface area contributed by atoms with Crippen LogP contribution in [0.2, 0.25) is 5.02 Å². The van der Waals surface area contributed by atoms with Gasteiger partial charge in [-0.1, -0.05) is 29.3 Å². The maximum absolute atomic E-state index is 6.43. The van der Waals surface area contributed by atoms with Gasteiger partial charge in [0.15, 0.2) is 0 Å². The Morgan fingerprint density at radius 1 is 1.14 bits per heavy atom. The lowest BCUT2D eigenvalue weighted by Gasteiger charge is -2.24. The normalized spacial score (nSPS) is 13.0. The molecule has 2 rings (SSSR count). The molecule has 4 heteroatoms. The Hall–Kier alpha value is -1.32. The summed E-state index contributed by atoms with van der Waals surface area (Å²) in [6.45, 7) is 10.7. The molecule has 114 valence electrons. The molecule has 3 nitrogen and oxygen atoms in total. The fourth-order valence-corrected chi connectivity index (χ4v) is 3.34. The van der Waals surface area contributed by atoms with Crippen LogP contribution in [0, 0.1) is 20.8 Å². The lowest BCUT2D eigenvalue weighted by atomic mass is 9.92. The van der Waals surface area contributed by atoms with Gasteiger partial charge >= 0.3 is 0 Å². The van der Waals surface area contributed by atoms with Crippen molar-refractivity contribution in [3.8, 4) is 0 Å². The summed E-state index contributed by atoms with van der Waals surface area (Å²) in [5.41, 5.74) is 6.16. The van der Waals surface area contributed by atoms with Gasteiger partial charge in [0.05, 0.1) is 23.0 Å². The van der Waals surface area contributed by atoms with Crippen molar-refractivity contribution in [3.63, 3.8) is 0 Å². The predicted octanol–water partition coefficient (Wildman–Crippen LogP) is 4.35. The van der Waals surface area contributed by atoms with Gasteiger partial charge in [0.1, 0.15) is 0 Å². The zero-order chi connectivity index (χ0) is 15.7. The number of aryl methyl sites for hydroxylation is 3. The third-order valence-corrected chi connectivity index (χ3v) is 4.16.